The summed E-state index contributed by atoms with van der Waals surface area (Å²) >= 11 is 1.76. The second-order valence-corrected chi connectivity index (χ2v) is 20.9. The summed E-state index contributed by atoms with van der Waals surface area (Å²) in [4.78, 5) is 21.4. The number of benzene rings is 9. The molecule has 12 aromatic rings. The van der Waals surface area contributed by atoms with E-state index in [2.05, 4.69) is 253 Å². The minimum atomic E-state index is -0.0404. The number of aliphatic imine (C=N–C) groups is 1. The first kappa shape index (κ1) is 43.8. The van der Waals surface area contributed by atoms with Crippen LogP contribution in [0.1, 0.15) is 28.7 Å². The Balaban J connectivity index is 0.000000200. The maximum absolute atomic E-state index is 5.43. The minimum absolute atomic E-state index is 0.0404. The van der Waals surface area contributed by atoms with E-state index in [1.54, 1.807) is 11.3 Å². The highest BCUT2D eigenvalue weighted by Crippen LogP contribution is 2.49. The Morgan fingerprint density at radius 1 is 0.527 bits per heavy atom. The lowest BCUT2D eigenvalue weighted by molar-refractivity contribution is 0.581. The van der Waals surface area contributed by atoms with Crippen molar-refractivity contribution in [1.29, 1.82) is 0 Å². The number of nitrogens with zero attached hydrogens (tertiary/aromatic N) is 6. The summed E-state index contributed by atoms with van der Waals surface area (Å²) in [6, 6.07) is 75.8. The average molecular weight is 971 g/mol. The van der Waals surface area contributed by atoms with Crippen LogP contribution in [0.3, 0.4) is 0 Å². The largest absolute Gasteiger partial charge is 0.373 e. The second-order valence-electron chi connectivity index (χ2n) is 19.8. The van der Waals surface area contributed by atoms with Gasteiger partial charge in [0, 0.05) is 69.8 Å². The molecule has 15 rings (SSSR count). The predicted octanol–water partition coefficient (Wildman–Crippen LogP) is 16.1. The Labute approximate surface area is 434 Å². The lowest BCUT2D eigenvalue weighted by Crippen LogP contribution is -2.31. The van der Waals surface area contributed by atoms with E-state index in [1.165, 1.54) is 82.0 Å². The van der Waals surface area contributed by atoms with Crippen LogP contribution in [-0.2, 0) is 5.41 Å². The van der Waals surface area contributed by atoms with Crippen molar-refractivity contribution in [3.63, 3.8) is 0 Å². The van der Waals surface area contributed by atoms with Gasteiger partial charge in [-0.1, -0.05) is 194 Å². The molecule has 9 aromatic carbocycles. The minimum Gasteiger partial charge on any atom is -0.373 e. The van der Waals surface area contributed by atoms with Gasteiger partial charge in [0.05, 0.1) is 32.7 Å². The molecule has 0 radical (unpaired) electrons. The Hall–Kier alpha value is -8.91. The lowest BCUT2D eigenvalue weighted by atomic mass is 9.73. The Kier molecular flexibility index (Phi) is 10.5. The SMILES string of the molecule is CN1CC2(C=CC=C(c3ccc4c(c3)c3c5ccccc5ccc3n4-c3nc(-c4ccccc4)c4sc(-c5ccccc5)cc4n3)C2)c2ccccc21.CN1CN=C(c2ccccc2)c2c1ccc1ccccc21. The molecule has 0 amide bonds. The molecule has 5 heterocycles. The standard InChI is InChI=1S/C48H34N4S.C19H16N2/c1-51-30-48(38-20-10-11-21-41(38)51)26-12-18-35(29-48)34-23-24-40-37(27-34)44-36-19-9-8-13-31(36)22-25-42(44)52(40)47-49-39-28-43(32-14-4-2-5-15-32)53-46(39)45(50-47)33-16-6-3-7-17-33;1-21-13-20-19(15-8-3-2-4-9-15)18-16-10-6-5-7-14(16)11-12-17(18)21/h2-28H,29-30H2,1H3;2-12H,13H2,1H3. The van der Waals surface area contributed by atoms with Crippen LogP contribution in [0.4, 0.5) is 11.4 Å². The van der Waals surface area contributed by atoms with Crippen molar-refractivity contribution in [2.45, 2.75) is 11.8 Å². The molecular weight excluding hydrogens is 921 g/mol. The van der Waals surface area contributed by atoms with E-state index in [4.69, 9.17) is 15.0 Å². The molecule has 74 heavy (non-hydrogen) atoms. The third kappa shape index (κ3) is 7.26. The van der Waals surface area contributed by atoms with Crippen LogP contribution in [-0.4, -0.2) is 47.6 Å². The van der Waals surface area contributed by atoms with Gasteiger partial charge < -0.3 is 9.80 Å². The molecule has 0 N–H and O–H groups in total. The van der Waals surface area contributed by atoms with Gasteiger partial charge in [0.15, 0.2) is 0 Å². The molecule has 1 unspecified atom stereocenters. The smallest absolute Gasteiger partial charge is 0.235 e. The first-order valence-electron chi connectivity index (χ1n) is 25.4. The second kappa shape index (κ2) is 17.7. The van der Waals surface area contributed by atoms with Gasteiger partial charge in [0.1, 0.15) is 6.67 Å². The van der Waals surface area contributed by atoms with Gasteiger partial charge in [0.2, 0.25) is 5.95 Å². The number of rotatable bonds is 5. The highest BCUT2D eigenvalue weighted by Gasteiger charge is 2.41. The van der Waals surface area contributed by atoms with Crippen molar-refractivity contribution >= 4 is 87.6 Å². The number of para-hydroxylation sites is 1. The van der Waals surface area contributed by atoms with Gasteiger partial charge in [-0.3, -0.25) is 9.56 Å². The van der Waals surface area contributed by atoms with Gasteiger partial charge in [-0.15, -0.1) is 11.3 Å². The Morgan fingerprint density at radius 3 is 1.99 bits per heavy atom. The Bertz CT molecular complexity index is 4260. The highest BCUT2D eigenvalue weighted by atomic mass is 32.1. The van der Waals surface area contributed by atoms with Crippen LogP contribution in [0.5, 0.6) is 0 Å². The monoisotopic (exact) mass is 970 g/mol. The van der Waals surface area contributed by atoms with E-state index in [-0.39, 0.29) is 5.41 Å². The van der Waals surface area contributed by atoms with E-state index >= 15 is 0 Å². The van der Waals surface area contributed by atoms with Crippen molar-refractivity contribution in [1.82, 2.24) is 14.5 Å². The summed E-state index contributed by atoms with van der Waals surface area (Å²) in [5.74, 6) is 0.682. The topological polar surface area (TPSA) is 49.6 Å². The molecule has 0 fully saturated rings. The van der Waals surface area contributed by atoms with Crippen molar-refractivity contribution in [3.05, 3.63) is 253 Å². The van der Waals surface area contributed by atoms with E-state index in [9.17, 15) is 0 Å². The molecule has 0 saturated carbocycles. The fourth-order valence-electron chi connectivity index (χ4n) is 11.9. The van der Waals surface area contributed by atoms with E-state index in [1.807, 2.05) is 6.07 Å². The summed E-state index contributed by atoms with van der Waals surface area (Å²) in [5, 5.41) is 7.42. The zero-order valence-electron chi connectivity index (χ0n) is 41.2. The molecule has 0 saturated heterocycles. The number of anilines is 2. The van der Waals surface area contributed by atoms with Crippen molar-refractivity contribution in [3.8, 4) is 27.6 Å². The summed E-state index contributed by atoms with van der Waals surface area (Å²) in [5.41, 5.74) is 16.5. The molecule has 3 aliphatic rings. The van der Waals surface area contributed by atoms with Gasteiger partial charge >= 0.3 is 0 Å². The van der Waals surface area contributed by atoms with E-state index in [0.29, 0.717) is 12.6 Å². The predicted molar refractivity (Wildman–Crippen MR) is 313 cm³/mol. The zero-order chi connectivity index (χ0) is 49.3. The fourth-order valence-corrected chi connectivity index (χ4v) is 13.0. The van der Waals surface area contributed by atoms with Crippen LogP contribution in [0.15, 0.2) is 236 Å². The van der Waals surface area contributed by atoms with Crippen molar-refractivity contribution in [2.75, 3.05) is 37.1 Å². The number of allylic oxidation sites excluding steroid dienone is 3. The van der Waals surface area contributed by atoms with Gasteiger partial charge in [-0.25, -0.2) is 9.97 Å². The van der Waals surface area contributed by atoms with Gasteiger partial charge in [0.25, 0.3) is 0 Å². The maximum Gasteiger partial charge on any atom is 0.235 e. The van der Waals surface area contributed by atoms with Gasteiger partial charge in [-0.05, 0) is 86.6 Å². The first-order valence-corrected chi connectivity index (χ1v) is 26.2. The quantitative estimate of drug-likeness (QED) is 0.172. The number of hydrogen-bond donors (Lipinski definition) is 0. The van der Waals surface area contributed by atoms with E-state index < -0.39 is 0 Å². The molecule has 354 valence electrons. The third-order valence-corrected chi connectivity index (χ3v) is 16.5. The van der Waals surface area contributed by atoms with Crippen LogP contribution in [0, 0.1) is 0 Å². The molecule has 3 aromatic heterocycles. The molecule has 6 nitrogen and oxygen atoms in total. The number of fused-ring (bicyclic) bond motifs is 11. The Morgan fingerprint density at radius 2 is 1.19 bits per heavy atom. The zero-order valence-corrected chi connectivity index (χ0v) is 42.0. The fraction of sp³-hybridized carbons (Fsp3) is 0.0896. The van der Waals surface area contributed by atoms with E-state index in [0.717, 1.165) is 51.2 Å². The summed E-state index contributed by atoms with van der Waals surface area (Å²) in [7, 11) is 4.31. The number of aromatic nitrogens is 3. The molecule has 1 atom stereocenters. The molecule has 2 aliphatic heterocycles. The highest BCUT2D eigenvalue weighted by molar-refractivity contribution is 7.22. The van der Waals surface area contributed by atoms with Gasteiger partial charge in [-0.2, -0.15) is 0 Å². The summed E-state index contributed by atoms with van der Waals surface area (Å²) in [6.07, 6.45) is 7.96. The van der Waals surface area contributed by atoms with Crippen LogP contribution in [0.2, 0.25) is 0 Å². The maximum atomic E-state index is 5.43. The molecule has 1 spiro atoms. The number of thiophene rings is 1. The van der Waals surface area contributed by atoms with Crippen molar-refractivity contribution < 1.29 is 0 Å². The van der Waals surface area contributed by atoms with Crippen LogP contribution in [0.25, 0.3) is 86.8 Å². The van der Waals surface area contributed by atoms with Crippen molar-refractivity contribution in [2.24, 2.45) is 4.99 Å². The average Bonchev–Trinajstić information content (AvgIpc) is 4.17. The normalized spacial score (nSPS) is 15.9. The first-order chi connectivity index (χ1) is 36.5. The molecule has 0 bridgehead atoms. The number of likely N-dealkylation sites (N-methyl/N-ethyl adjacent to an activating group) is 1. The third-order valence-electron chi connectivity index (χ3n) is 15.3. The number of hydrogen-bond acceptors (Lipinski definition) is 6. The molecule has 1 aliphatic carbocycles. The van der Waals surface area contributed by atoms with Crippen LogP contribution < -0.4 is 9.80 Å². The molecule has 7 heteroatoms. The lowest BCUT2D eigenvalue weighted by Gasteiger charge is -2.30. The van der Waals surface area contributed by atoms with Crippen LogP contribution >= 0.6 is 11.3 Å². The summed E-state index contributed by atoms with van der Waals surface area (Å²) < 4.78 is 3.38. The molecular formula is C67H50N6S. The summed E-state index contributed by atoms with van der Waals surface area (Å²) in [6.45, 7) is 1.68.